The van der Waals surface area contributed by atoms with Crippen molar-refractivity contribution in [1.29, 1.82) is 0 Å². The first-order valence-electron chi connectivity index (χ1n) is 20.6. The lowest BCUT2D eigenvalue weighted by molar-refractivity contribution is -0.163. The minimum atomic E-state index is -0.517. The molecule has 1 unspecified atom stereocenters. The largest absolute Gasteiger partial charge is 0.462 e. The molecule has 1 atom stereocenters. The Bertz CT molecular complexity index is 622. The monoisotopic (exact) mass is 653 g/mol. The Morgan fingerprint density at radius 1 is 0.391 bits per heavy atom. The number of carbonyl (C=O) groups excluding carboxylic acids is 2. The van der Waals surface area contributed by atoms with Crippen molar-refractivity contribution in [2.24, 2.45) is 0 Å². The molecule has 5 heteroatoms. The zero-order valence-corrected chi connectivity index (χ0v) is 31.4. The van der Waals surface area contributed by atoms with E-state index in [4.69, 9.17) is 14.2 Å². The van der Waals surface area contributed by atoms with Crippen LogP contribution in [0.5, 0.6) is 0 Å². The highest BCUT2D eigenvalue weighted by Gasteiger charge is 2.17. The van der Waals surface area contributed by atoms with Crippen molar-refractivity contribution in [2.45, 2.75) is 232 Å². The molecule has 0 saturated carbocycles. The third-order valence-electron chi connectivity index (χ3n) is 9.14. The number of ether oxygens (including phenoxy) is 3. The molecule has 0 aromatic heterocycles. The summed E-state index contributed by atoms with van der Waals surface area (Å²) in [5.41, 5.74) is 0. The summed E-state index contributed by atoms with van der Waals surface area (Å²) in [5.74, 6) is -0.404. The molecule has 0 bridgehead atoms. The Kier molecular flexibility index (Phi) is 37.4. The summed E-state index contributed by atoms with van der Waals surface area (Å²) >= 11 is 0. The topological polar surface area (TPSA) is 61.8 Å². The molecular weight excluding hydrogens is 572 g/mol. The third kappa shape index (κ3) is 35.7. The zero-order chi connectivity index (χ0) is 33.6. The molecule has 0 aliphatic rings. The van der Waals surface area contributed by atoms with Crippen LogP contribution in [0.4, 0.5) is 0 Å². The Balaban J connectivity index is 3.93. The van der Waals surface area contributed by atoms with Crippen LogP contribution in [0.1, 0.15) is 226 Å². The molecule has 0 aromatic rings. The second-order valence-electron chi connectivity index (χ2n) is 13.9. The van der Waals surface area contributed by atoms with Gasteiger partial charge in [0.2, 0.25) is 0 Å². The molecule has 0 fully saturated rings. The first kappa shape index (κ1) is 44.9. The Labute approximate surface area is 287 Å². The molecule has 0 amide bonds. The number of esters is 2. The first-order valence-corrected chi connectivity index (χ1v) is 20.6. The third-order valence-corrected chi connectivity index (χ3v) is 9.14. The Hall–Kier alpha value is -1.10. The second kappa shape index (κ2) is 38.3. The van der Waals surface area contributed by atoms with Crippen LogP contribution >= 0.6 is 0 Å². The molecule has 5 nitrogen and oxygen atoms in total. The van der Waals surface area contributed by atoms with E-state index in [2.05, 4.69) is 20.8 Å². The molecule has 46 heavy (non-hydrogen) atoms. The van der Waals surface area contributed by atoms with Crippen molar-refractivity contribution in [3.8, 4) is 0 Å². The number of hydrogen-bond donors (Lipinski definition) is 0. The summed E-state index contributed by atoms with van der Waals surface area (Å²) in [7, 11) is 0. The fourth-order valence-electron chi connectivity index (χ4n) is 6.04. The standard InChI is InChI=1S/C41H80O5/c1-4-7-10-13-15-16-17-18-19-20-21-22-23-24-25-27-30-33-36-44-37-39(46-41(43)35-32-28-12-9-6-3)38-45-40(42)34-31-29-26-14-11-8-5-2/h39H,4-38H2,1-3H3. The maximum Gasteiger partial charge on any atom is 0.306 e. The molecule has 0 N–H and O–H groups in total. The van der Waals surface area contributed by atoms with Gasteiger partial charge in [-0.15, -0.1) is 0 Å². The van der Waals surface area contributed by atoms with Gasteiger partial charge in [-0.1, -0.05) is 194 Å². The highest BCUT2D eigenvalue weighted by molar-refractivity contribution is 5.70. The van der Waals surface area contributed by atoms with E-state index < -0.39 is 6.10 Å². The van der Waals surface area contributed by atoms with E-state index in [1.807, 2.05) is 0 Å². The van der Waals surface area contributed by atoms with Crippen LogP contribution in [0.15, 0.2) is 0 Å². The number of rotatable bonds is 38. The molecular formula is C41H80O5. The summed E-state index contributed by atoms with van der Waals surface area (Å²) in [6, 6.07) is 0. The lowest BCUT2D eigenvalue weighted by Crippen LogP contribution is -2.30. The average molecular weight is 653 g/mol. The van der Waals surface area contributed by atoms with E-state index in [1.165, 1.54) is 154 Å². The molecule has 0 radical (unpaired) electrons. The molecule has 0 aliphatic carbocycles. The van der Waals surface area contributed by atoms with Crippen LogP contribution in [-0.2, 0) is 23.8 Å². The van der Waals surface area contributed by atoms with E-state index in [1.54, 1.807) is 0 Å². The molecule has 274 valence electrons. The quantitative estimate of drug-likeness (QED) is 0.0490. The molecule has 0 aliphatic heterocycles. The number of unbranched alkanes of at least 4 members (excludes halogenated alkanes) is 27. The summed E-state index contributed by atoms with van der Waals surface area (Å²) in [6.45, 7) is 7.75. The first-order chi connectivity index (χ1) is 22.6. The molecule has 0 spiro atoms. The smallest absolute Gasteiger partial charge is 0.306 e. The van der Waals surface area contributed by atoms with E-state index in [0.29, 0.717) is 26.1 Å². The maximum atomic E-state index is 12.4. The van der Waals surface area contributed by atoms with Crippen LogP contribution in [0.2, 0.25) is 0 Å². The van der Waals surface area contributed by atoms with Gasteiger partial charge in [-0.05, 0) is 19.3 Å². The van der Waals surface area contributed by atoms with Gasteiger partial charge in [-0.3, -0.25) is 9.59 Å². The molecule has 0 rings (SSSR count). The predicted molar refractivity (Wildman–Crippen MR) is 196 cm³/mol. The summed E-state index contributed by atoms with van der Waals surface area (Å²) in [5, 5.41) is 0. The van der Waals surface area contributed by atoms with Crippen LogP contribution < -0.4 is 0 Å². The molecule has 0 saturated heterocycles. The Morgan fingerprint density at radius 3 is 1.11 bits per heavy atom. The highest BCUT2D eigenvalue weighted by Crippen LogP contribution is 2.15. The zero-order valence-electron chi connectivity index (χ0n) is 31.4. The van der Waals surface area contributed by atoms with Gasteiger partial charge < -0.3 is 14.2 Å². The lowest BCUT2D eigenvalue weighted by atomic mass is 10.0. The van der Waals surface area contributed by atoms with Gasteiger partial charge in [0.25, 0.3) is 0 Å². The number of hydrogen-bond acceptors (Lipinski definition) is 5. The van der Waals surface area contributed by atoms with Crippen LogP contribution in [0.25, 0.3) is 0 Å². The van der Waals surface area contributed by atoms with E-state index in [9.17, 15) is 9.59 Å². The van der Waals surface area contributed by atoms with Crippen LogP contribution in [0.3, 0.4) is 0 Å². The van der Waals surface area contributed by atoms with Crippen molar-refractivity contribution in [3.63, 3.8) is 0 Å². The predicted octanol–water partition coefficient (Wildman–Crippen LogP) is 13.0. The lowest BCUT2D eigenvalue weighted by Gasteiger charge is -2.18. The minimum absolute atomic E-state index is 0.0933. The van der Waals surface area contributed by atoms with E-state index in [0.717, 1.165) is 38.5 Å². The molecule has 0 heterocycles. The summed E-state index contributed by atoms with van der Waals surface area (Å²) in [6.07, 6.45) is 38.5. The van der Waals surface area contributed by atoms with Crippen molar-refractivity contribution in [1.82, 2.24) is 0 Å². The maximum absolute atomic E-state index is 12.4. The second-order valence-corrected chi connectivity index (χ2v) is 13.9. The SMILES string of the molecule is CCCCCCCCCCCCCCCCCCCCOCC(COC(=O)CCCCCCCCC)OC(=O)CCCCCCC. The van der Waals surface area contributed by atoms with Crippen molar-refractivity contribution < 1.29 is 23.8 Å². The van der Waals surface area contributed by atoms with Crippen molar-refractivity contribution >= 4 is 11.9 Å². The van der Waals surface area contributed by atoms with Gasteiger partial charge in [-0.25, -0.2) is 0 Å². The fraction of sp³-hybridized carbons (Fsp3) is 0.951. The van der Waals surface area contributed by atoms with E-state index >= 15 is 0 Å². The summed E-state index contributed by atoms with van der Waals surface area (Å²) in [4.78, 5) is 24.7. The van der Waals surface area contributed by atoms with Gasteiger partial charge in [0.15, 0.2) is 6.10 Å². The molecule has 0 aromatic carbocycles. The highest BCUT2D eigenvalue weighted by atomic mass is 16.6. The van der Waals surface area contributed by atoms with Crippen LogP contribution in [-0.4, -0.2) is 37.9 Å². The van der Waals surface area contributed by atoms with Gasteiger partial charge >= 0.3 is 11.9 Å². The van der Waals surface area contributed by atoms with Gasteiger partial charge in [0.05, 0.1) is 6.61 Å². The van der Waals surface area contributed by atoms with Gasteiger partial charge in [0, 0.05) is 19.4 Å². The Morgan fingerprint density at radius 2 is 0.717 bits per heavy atom. The fourth-order valence-corrected chi connectivity index (χ4v) is 6.04. The van der Waals surface area contributed by atoms with Crippen LogP contribution in [0, 0.1) is 0 Å². The van der Waals surface area contributed by atoms with Crippen molar-refractivity contribution in [2.75, 3.05) is 19.8 Å². The van der Waals surface area contributed by atoms with Gasteiger partial charge in [-0.2, -0.15) is 0 Å². The number of carbonyl (C=O) groups is 2. The average Bonchev–Trinajstić information content (AvgIpc) is 3.05. The summed E-state index contributed by atoms with van der Waals surface area (Å²) < 4.78 is 17.1. The minimum Gasteiger partial charge on any atom is -0.462 e. The van der Waals surface area contributed by atoms with Crippen molar-refractivity contribution in [3.05, 3.63) is 0 Å². The van der Waals surface area contributed by atoms with Gasteiger partial charge in [0.1, 0.15) is 6.61 Å². The van der Waals surface area contributed by atoms with E-state index in [-0.39, 0.29) is 18.5 Å². The normalized spacial score (nSPS) is 12.0.